The zero-order chi connectivity index (χ0) is 23.1. The smallest absolute Gasteiger partial charge is 0.265 e. The number of carbonyl (C=O) groups is 2. The lowest BCUT2D eigenvalue weighted by Gasteiger charge is -2.25. The van der Waals surface area contributed by atoms with Crippen LogP contribution in [0.5, 0.6) is 0 Å². The molecule has 8 heteroatoms. The molecule has 0 bridgehead atoms. The van der Waals surface area contributed by atoms with Crippen molar-refractivity contribution in [3.63, 3.8) is 0 Å². The Kier molecular flexibility index (Phi) is 5.86. The highest BCUT2D eigenvalue weighted by molar-refractivity contribution is 7.21. The minimum atomic E-state index is -0.561. The summed E-state index contributed by atoms with van der Waals surface area (Å²) in [6.07, 6.45) is 1.88. The molecular weight excluding hydrogens is 479 g/mol. The lowest BCUT2D eigenvalue weighted by atomic mass is 10.0. The molecule has 0 radical (unpaired) electrons. The second-order valence-corrected chi connectivity index (χ2v) is 10.4. The molecule has 33 heavy (non-hydrogen) atoms. The Bertz CT molecular complexity index is 1510. The van der Waals surface area contributed by atoms with E-state index in [2.05, 4.69) is 4.99 Å². The Morgan fingerprint density at radius 1 is 1.21 bits per heavy atom. The van der Waals surface area contributed by atoms with Crippen LogP contribution in [0, 0.1) is 18.7 Å². The quantitative estimate of drug-likeness (QED) is 0.392. The third-order valence-electron chi connectivity index (χ3n) is 5.53. The first-order chi connectivity index (χ1) is 15.9. The van der Waals surface area contributed by atoms with Crippen molar-refractivity contribution in [3.05, 3.63) is 90.6 Å². The molecule has 3 heterocycles. The first-order valence-electron chi connectivity index (χ1n) is 10.3. The molecular formula is C25H18ClFN2O2S2. The molecule has 0 fully saturated rings. The second-order valence-electron chi connectivity index (χ2n) is 7.94. The topological polar surface area (TPSA) is 49.7 Å². The Morgan fingerprint density at radius 2 is 2.06 bits per heavy atom. The molecule has 1 unspecified atom stereocenters. The average molecular weight is 497 g/mol. The molecule has 0 saturated carbocycles. The summed E-state index contributed by atoms with van der Waals surface area (Å²) in [6.45, 7) is 2.50. The van der Waals surface area contributed by atoms with Crippen LogP contribution in [0.2, 0.25) is 5.02 Å². The van der Waals surface area contributed by atoms with Crippen molar-refractivity contribution in [2.24, 2.45) is 10.9 Å². The Labute approximate surface area is 202 Å². The van der Waals surface area contributed by atoms with Crippen LogP contribution in [-0.2, 0) is 11.3 Å². The predicted molar refractivity (Wildman–Crippen MR) is 131 cm³/mol. The van der Waals surface area contributed by atoms with E-state index in [0.717, 1.165) is 27.0 Å². The average Bonchev–Trinajstić information content (AvgIpc) is 3.41. The molecule has 0 aliphatic carbocycles. The number of hydrogen-bond acceptors (Lipinski definition) is 4. The first kappa shape index (κ1) is 21.9. The lowest BCUT2D eigenvalue weighted by molar-refractivity contribution is -0.120. The third kappa shape index (κ3) is 4.36. The normalized spacial score (nSPS) is 15.1. The van der Waals surface area contributed by atoms with Gasteiger partial charge in [0.15, 0.2) is 0 Å². The summed E-state index contributed by atoms with van der Waals surface area (Å²) in [4.78, 5) is 33.6. The Hall–Kier alpha value is -2.87. The maximum atomic E-state index is 13.7. The van der Waals surface area contributed by atoms with E-state index in [-0.39, 0.29) is 24.2 Å². The Balaban J connectivity index is 1.52. The van der Waals surface area contributed by atoms with E-state index in [1.165, 1.54) is 23.5 Å². The van der Waals surface area contributed by atoms with Gasteiger partial charge in [-0.1, -0.05) is 41.4 Å². The molecule has 4 aromatic rings. The van der Waals surface area contributed by atoms with Crippen molar-refractivity contribution in [1.82, 2.24) is 4.90 Å². The summed E-state index contributed by atoms with van der Waals surface area (Å²) in [5, 5.41) is 4.42. The minimum Gasteiger partial charge on any atom is -0.332 e. The van der Waals surface area contributed by atoms with Gasteiger partial charge in [-0.25, -0.2) is 9.38 Å². The number of fused-ring (bicyclic) bond motifs is 2. The van der Waals surface area contributed by atoms with Gasteiger partial charge in [-0.15, -0.1) is 22.7 Å². The largest absolute Gasteiger partial charge is 0.332 e. The van der Waals surface area contributed by atoms with Crippen molar-refractivity contribution >= 4 is 62.3 Å². The van der Waals surface area contributed by atoms with Crippen molar-refractivity contribution < 1.29 is 14.0 Å². The molecule has 0 N–H and O–H groups in total. The number of hydrogen-bond donors (Lipinski definition) is 0. The molecule has 0 spiro atoms. The highest BCUT2D eigenvalue weighted by Gasteiger charge is 2.28. The standard InChI is InChI=1S/C25H18ClFN2O2S2/c1-14-4-7-20-15(9-14)10-16(24(30)28-20)12-29(13-18-3-2-8-32-18)25(31)23-22(26)19-6-5-17(27)11-21(19)33-23/h2-11,16H,12-13H2,1H3. The number of rotatable bonds is 5. The van der Waals surface area contributed by atoms with E-state index < -0.39 is 5.92 Å². The van der Waals surface area contributed by atoms with Crippen LogP contribution in [0.25, 0.3) is 16.2 Å². The molecule has 166 valence electrons. The molecule has 5 rings (SSSR count). The second kappa shape index (κ2) is 8.82. The van der Waals surface area contributed by atoms with Gasteiger partial charge in [0, 0.05) is 21.5 Å². The molecule has 2 amide bonds. The molecule has 2 aromatic heterocycles. The minimum absolute atomic E-state index is 0.172. The van der Waals surface area contributed by atoms with Crippen molar-refractivity contribution in [2.75, 3.05) is 6.54 Å². The summed E-state index contributed by atoms with van der Waals surface area (Å²) in [7, 11) is 0. The molecule has 1 atom stereocenters. The highest BCUT2D eigenvalue weighted by Crippen LogP contribution is 2.37. The fraction of sp³-hybridized carbons (Fsp3) is 0.160. The molecule has 1 aliphatic rings. The molecule has 4 nitrogen and oxygen atoms in total. The van der Waals surface area contributed by atoms with E-state index in [1.54, 1.807) is 11.0 Å². The summed E-state index contributed by atoms with van der Waals surface area (Å²) < 4.78 is 14.3. The zero-order valence-corrected chi connectivity index (χ0v) is 19.9. The first-order valence-corrected chi connectivity index (χ1v) is 12.4. The third-order valence-corrected chi connectivity index (χ3v) is 8.03. The molecule has 0 saturated heterocycles. The van der Waals surface area contributed by atoms with Crippen LogP contribution in [0.1, 0.15) is 20.1 Å². The van der Waals surface area contributed by atoms with Gasteiger partial charge in [0.2, 0.25) is 0 Å². The van der Waals surface area contributed by atoms with E-state index in [4.69, 9.17) is 11.6 Å². The van der Waals surface area contributed by atoms with Crippen molar-refractivity contribution in [3.8, 4) is 0 Å². The number of carbonyl (C=O) groups excluding carboxylic acids is 2. The van der Waals surface area contributed by atoms with Gasteiger partial charge in [-0.05, 0) is 47.9 Å². The van der Waals surface area contributed by atoms with E-state index >= 15 is 0 Å². The summed E-state index contributed by atoms with van der Waals surface area (Å²) in [5.74, 6) is -1.51. The van der Waals surface area contributed by atoms with Crippen LogP contribution in [0.3, 0.4) is 0 Å². The number of benzene rings is 2. The van der Waals surface area contributed by atoms with Crippen LogP contribution >= 0.6 is 34.3 Å². The number of thiophene rings is 2. The van der Waals surface area contributed by atoms with Crippen LogP contribution in [0.4, 0.5) is 4.39 Å². The predicted octanol–water partition coefficient (Wildman–Crippen LogP) is 4.96. The number of nitrogens with zero attached hydrogens (tertiary/aromatic N) is 2. The zero-order valence-electron chi connectivity index (χ0n) is 17.5. The van der Waals surface area contributed by atoms with Crippen molar-refractivity contribution in [2.45, 2.75) is 13.5 Å². The monoisotopic (exact) mass is 496 g/mol. The summed E-state index contributed by atoms with van der Waals surface area (Å²) in [6, 6.07) is 13.9. The van der Waals surface area contributed by atoms with Crippen molar-refractivity contribution in [1.29, 1.82) is 0 Å². The van der Waals surface area contributed by atoms with Crippen LogP contribution in [-0.4, -0.2) is 23.3 Å². The summed E-state index contributed by atoms with van der Waals surface area (Å²) in [5.41, 5.74) is 1.07. The summed E-state index contributed by atoms with van der Waals surface area (Å²) >= 11 is 9.23. The lowest BCUT2D eigenvalue weighted by Crippen LogP contribution is -2.41. The highest BCUT2D eigenvalue weighted by atomic mass is 35.5. The van der Waals surface area contributed by atoms with Gasteiger partial charge < -0.3 is 4.90 Å². The van der Waals surface area contributed by atoms with Crippen LogP contribution < -0.4 is 10.6 Å². The van der Waals surface area contributed by atoms with E-state index in [1.807, 2.05) is 48.7 Å². The Morgan fingerprint density at radius 3 is 2.85 bits per heavy atom. The maximum Gasteiger partial charge on any atom is 0.265 e. The molecule has 1 aliphatic heterocycles. The number of aryl methyl sites for hydroxylation is 1. The van der Waals surface area contributed by atoms with Gasteiger partial charge in [0.1, 0.15) is 10.7 Å². The fourth-order valence-corrected chi connectivity index (χ4v) is 6.12. The number of amides is 2. The number of halogens is 2. The van der Waals surface area contributed by atoms with Gasteiger partial charge >= 0.3 is 0 Å². The SMILES string of the molecule is Cc1ccc2c(c1)=CC(CN(Cc1cccs1)C(=O)c1sc3cc(F)ccc3c1Cl)C(=O)N=2. The van der Waals surface area contributed by atoms with Crippen LogP contribution in [0.15, 0.2) is 58.9 Å². The fourth-order valence-electron chi connectivity index (χ4n) is 3.90. The van der Waals surface area contributed by atoms with Gasteiger partial charge in [0.05, 0.1) is 22.8 Å². The molecule has 2 aromatic carbocycles. The van der Waals surface area contributed by atoms with Gasteiger partial charge in [-0.2, -0.15) is 0 Å². The van der Waals surface area contributed by atoms with Gasteiger partial charge in [-0.3, -0.25) is 9.59 Å². The van der Waals surface area contributed by atoms with E-state index in [9.17, 15) is 14.0 Å². The van der Waals surface area contributed by atoms with E-state index in [0.29, 0.717) is 31.9 Å². The maximum absolute atomic E-state index is 13.7. The van der Waals surface area contributed by atoms with Gasteiger partial charge in [0.25, 0.3) is 11.8 Å².